The Bertz CT molecular complexity index is 1080. The van der Waals surface area contributed by atoms with E-state index in [1.807, 2.05) is 11.8 Å². The average molecular weight is 433 g/mol. The van der Waals surface area contributed by atoms with Gasteiger partial charge >= 0.3 is 6.03 Å². The van der Waals surface area contributed by atoms with Crippen molar-refractivity contribution in [3.63, 3.8) is 0 Å². The Hall–Kier alpha value is -2.85. The van der Waals surface area contributed by atoms with Crippen LogP contribution in [0.15, 0.2) is 30.5 Å². The predicted molar refractivity (Wildman–Crippen MR) is 112 cm³/mol. The van der Waals surface area contributed by atoms with Crippen LogP contribution in [0.25, 0.3) is 10.2 Å². The number of aromatic nitrogens is 2. The van der Waals surface area contributed by atoms with Crippen LogP contribution in [0.5, 0.6) is 0 Å². The molecule has 3 heterocycles. The number of fused-ring (bicyclic) bond motifs is 1. The molecule has 4 rings (SSSR count). The number of hydrogen-bond donors (Lipinski definition) is 2. The number of piperazine rings is 1. The Labute approximate surface area is 176 Å². The molecular weight excluding hydrogens is 412 g/mol. The summed E-state index contributed by atoms with van der Waals surface area (Å²) >= 11 is 1.21. The number of rotatable bonds is 4. The maximum absolute atomic E-state index is 14.5. The minimum Gasteiger partial charge on any atom is -0.396 e. The number of halogens is 2. The summed E-state index contributed by atoms with van der Waals surface area (Å²) < 4.78 is 28.5. The topological polar surface area (TPSA) is 81.6 Å². The fourth-order valence-electron chi connectivity index (χ4n) is 3.53. The van der Waals surface area contributed by atoms with Crippen LogP contribution in [0.3, 0.4) is 0 Å². The van der Waals surface area contributed by atoms with Gasteiger partial charge in [-0.1, -0.05) is 11.3 Å². The van der Waals surface area contributed by atoms with Gasteiger partial charge in [0.2, 0.25) is 0 Å². The van der Waals surface area contributed by atoms with E-state index >= 15 is 0 Å². The van der Waals surface area contributed by atoms with Gasteiger partial charge in [0, 0.05) is 38.5 Å². The molecule has 1 atom stereocenters. The fourth-order valence-corrected chi connectivity index (χ4v) is 4.41. The third kappa shape index (κ3) is 4.19. The van der Waals surface area contributed by atoms with Gasteiger partial charge < -0.3 is 14.9 Å². The number of aliphatic hydroxyl groups is 1. The second-order valence-corrected chi connectivity index (χ2v) is 8.20. The number of carbonyl (C=O) groups excluding carboxylic acids is 1. The van der Waals surface area contributed by atoms with E-state index in [2.05, 4.69) is 15.3 Å². The normalized spacial score (nSPS) is 16.9. The molecule has 1 aromatic carbocycles. The van der Waals surface area contributed by atoms with Crippen LogP contribution in [0.4, 0.5) is 24.5 Å². The lowest BCUT2D eigenvalue weighted by atomic mass is 10.1. The van der Waals surface area contributed by atoms with E-state index in [1.165, 1.54) is 29.5 Å². The van der Waals surface area contributed by atoms with Crippen molar-refractivity contribution in [2.45, 2.75) is 19.4 Å². The Morgan fingerprint density at radius 3 is 2.90 bits per heavy atom. The molecule has 1 aliphatic rings. The predicted octanol–water partition coefficient (Wildman–Crippen LogP) is 3.25. The minimum absolute atomic E-state index is 0.0613. The van der Waals surface area contributed by atoms with E-state index in [9.17, 15) is 13.6 Å². The number of benzene rings is 1. The number of anilines is 2. The van der Waals surface area contributed by atoms with Crippen molar-refractivity contribution >= 4 is 38.5 Å². The van der Waals surface area contributed by atoms with Crippen LogP contribution in [-0.2, 0) is 6.42 Å². The average Bonchev–Trinajstić information content (AvgIpc) is 3.10. The molecule has 0 bridgehead atoms. The zero-order valence-electron chi connectivity index (χ0n) is 16.3. The van der Waals surface area contributed by atoms with Crippen molar-refractivity contribution < 1.29 is 18.7 Å². The summed E-state index contributed by atoms with van der Waals surface area (Å²) in [6.07, 6.45) is 1.92. The van der Waals surface area contributed by atoms with Crippen LogP contribution in [0.1, 0.15) is 12.5 Å². The third-order valence-corrected chi connectivity index (χ3v) is 5.96. The minimum atomic E-state index is -0.438. The van der Waals surface area contributed by atoms with Gasteiger partial charge in [-0.3, -0.25) is 5.32 Å². The van der Waals surface area contributed by atoms with Crippen LogP contribution in [0, 0.1) is 11.6 Å². The molecule has 1 unspecified atom stereocenters. The molecular formula is C20H21F2N5O2S. The van der Waals surface area contributed by atoms with Gasteiger partial charge in [-0.15, -0.1) is 0 Å². The Morgan fingerprint density at radius 2 is 2.17 bits per heavy atom. The molecule has 30 heavy (non-hydrogen) atoms. The number of thiazole rings is 1. The molecule has 3 aromatic rings. The molecule has 2 amide bonds. The van der Waals surface area contributed by atoms with E-state index in [4.69, 9.17) is 5.11 Å². The summed E-state index contributed by atoms with van der Waals surface area (Å²) in [5.74, 6) is -0.538. The standard InChI is InChI=1S/C20H21F2N5O2S/c1-12-11-26(5-6-27(12)18-15(22)8-13(4-7-28)10-23-18)20(29)25-19-24-16-3-2-14(21)9-17(16)30-19/h2-3,8-10,12,28H,4-7,11H2,1H3,(H,24,25,29). The molecule has 1 saturated heterocycles. The van der Waals surface area contributed by atoms with Gasteiger partial charge in [0.25, 0.3) is 0 Å². The number of nitrogens with zero attached hydrogens (tertiary/aromatic N) is 4. The maximum Gasteiger partial charge on any atom is 0.323 e. The van der Waals surface area contributed by atoms with E-state index in [0.717, 1.165) is 0 Å². The number of nitrogens with one attached hydrogen (secondary N) is 1. The number of urea groups is 1. The molecule has 2 N–H and O–H groups in total. The molecule has 1 aliphatic heterocycles. The summed E-state index contributed by atoms with van der Waals surface area (Å²) in [5.41, 5.74) is 1.27. The van der Waals surface area contributed by atoms with Crippen molar-refractivity contribution in [2.75, 3.05) is 36.5 Å². The van der Waals surface area contributed by atoms with Crippen molar-refractivity contribution in [3.8, 4) is 0 Å². The van der Waals surface area contributed by atoms with Crippen molar-refractivity contribution in [3.05, 3.63) is 47.7 Å². The van der Waals surface area contributed by atoms with E-state index in [1.54, 1.807) is 17.2 Å². The van der Waals surface area contributed by atoms with Crippen LogP contribution in [0.2, 0.25) is 0 Å². The lowest BCUT2D eigenvalue weighted by Crippen LogP contribution is -2.55. The number of hydrogen-bond acceptors (Lipinski definition) is 6. The SMILES string of the molecule is CC1CN(C(=O)Nc2nc3ccc(F)cc3s2)CCN1c1ncc(CCO)cc1F. The van der Waals surface area contributed by atoms with Gasteiger partial charge in [0.1, 0.15) is 5.82 Å². The quantitative estimate of drug-likeness (QED) is 0.660. The Morgan fingerprint density at radius 1 is 1.33 bits per heavy atom. The molecule has 0 aliphatic carbocycles. The summed E-state index contributed by atoms with van der Waals surface area (Å²) in [6, 6.07) is 5.24. The first-order valence-corrected chi connectivity index (χ1v) is 10.4. The highest BCUT2D eigenvalue weighted by molar-refractivity contribution is 7.22. The summed E-state index contributed by atoms with van der Waals surface area (Å²) in [4.78, 5) is 24.7. The van der Waals surface area contributed by atoms with Gasteiger partial charge in [-0.2, -0.15) is 0 Å². The van der Waals surface area contributed by atoms with Crippen molar-refractivity contribution in [1.29, 1.82) is 0 Å². The van der Waals surface area contributed by atoms with Gasteiger partial charge in [0.15, 0.2) is 16.8 Å². The summed E-state index contributed by atoms with van der Waals surface area (Å²) in [7, 11) is 0. The molecule has 7 nitrogen and oxygen atoms in total. The number of pyridine rings is 1. The second kappa shape index (κ2) is 8.49. The first kappa shape index (κ1) is 20.4. The summed E-state index contributed by atoms with van der Waals surface area (Å²) in [6.45, 7) is 3.07. The molecule has 2 aromatic heterocycles. The first-order chi connectivity index (χ1) is 14.4. The fraction of sp³-hybridized carbons (Fsp3) is 0.350. The first-order valence-electron chi connectivity index (χ1n) is 9.58. The molecule has 0 spiro atoms. The van der Waals surface area contributed by atoms with E-state index < -0.39 is 5.82 Å². The van der Waals surface area contributed by atoms with Gasteiger partial charge in [-0.05, 0) is 43.2 Å². The molecule has 0 saturated carbocycles. The molecule has 1 fully saturated rings. The Balaban J connectivity index is 1.41. The molecule has 158 valence electrons. The lowest BCUT2D eigenvalue weighted by molar-refractivity contribution is 0.199. The molecule has 0 radical (unpaired) electrons. The van der Waals surface area contributed by atoms with Gasteiger partial charge in [-0.25, -0.2) is 23.5 Å². The zero-order valence-corrected chi connectivity index (χ0v) is 17.1. The monoisotopic (exact) mass is 433 g/mol. The van der Waals surface area contributed by atoms with Crippen LogP contribution in [-0.4, -0.2) is 58.3 Å². The van der Waals surface area contributed by atoms with E-state index in [0.29, 0.717) is 47.0 Å². The van der Waals surface area contributed by atoms with Crippen LogP contribution >= 0.6 is 11.3 Å². The highest BCUT2D eigenvalue weighted by Gasteiger charge is 2.29. The highest BCUT2D eigenvalue weighted by atomic mass is 32.1. The second-order valence-electron chi connectivity index (χ2n) is 7.17. The van der Waals surface area contributed by atoms with Crippen LogP contribution < -0.4 is 10.2 Å². The highest BCUT2D eigenvalue weighted by Crippen LogP contribution is 2.27. The zero-order chi connectivity index (χ0) is 21.3. The van der Waals surface area contributed by atoms with E-state index in [-0.39, 0.29) is 30.3 Å². The number of aliphatic hydroxyl groups excluding tert-OH is 1. The third-order valence-electron chi connectivity index (χ3n) is 5.03. The lowest BCUT2D eigenvalue weighted by Gasteiger charge is -2.40. The summed E-state index contributed by atoms with van der Waals surface area (Å²) in [5, 5.41) is 12.2. The van der Waals surface area contributed by atoms with Crippen molar-refractivity contribution in [2.24, 2.45) is 0 Å². The van der Waals surface area contributed by atoms with Gasteiger partial charge in [0.05, 0.1) is 10.2 Å². The number of amides is 2. The van der Waals surface area contributed by atoms with Crippen molar-refractivity contribution in [1.82, 2.24) is 14.9 Å². The smallest absolute Gasteiger partial charge is 0.323 e. The number of carbonyl (C=O) groups is 1. The maximum atomic E-state index is 14.5. The Kier molecular flexibility index (Phi) is 5.78. The largest absolute Gasteiger partial charge is 0.396 e. The molecule has 10 heteroatoms.